The second-order valence-electron chi connectivity index (χ2n) is 3.94. The number of halogens is 1. The summed E-state index contributed by atoms with van der Waals surface area (Å²) in [5.41, 5.74) is 1.45. The summed E-state index contributed by atoms with van der Waals surface area (Å²) in [5.74, 6) is -0.542. The molecular formula is C13H8ClN3O2. The van der Waals surface area contributed by atoms with E-state index in [1.54, 1.807) is 30.3 Å². The molecule has 94 valence electrons. The molecule has 0 amide bonds. The second kappa shape index (κ2) is 4.37. The molecule has 1 N–H and O–H groups in total. The average molecular weight is 274 g/mol. The molecule has 0 aliphatic heterocycles. The van der Waals surface area contributed by atoms with Gasteiger partial charge >= 0.3 is 5.97 Å². The first-order valence-corrected chi connectivity index (χ1v) is 5.88. The molecule has 0 atom stereocenters. The molecule has 0 fully saturated rings. The molecule has 0 unspecified atom stereocenters. The predicted molar refractivity (Wildman–Crippen MR) is 70.4 cm³/mol. The van der Waals surface area contributed by atoms with Crippen molar-refractivity contribution in [2.24, 2.45) is 0 Å². The van der Waals surface area contributed by atoms with Gasteiger partial charge in [0.1, 0.15) is 5.15 Å². The highest BCUT2D eigenvalue weighted by atomic mass is 35.5. The lowest BCUT2D eigenvalue weighted by Gasteiger charge is -1.97. The quantitative estimate of drug-likeness (QED) is 0.729. The number of nitrogens with zero attached hydrogens (tertiary/aromatic N) is 3. The molecule has 0 aliphatic carbocycles. The Morgan fingerprint density at radius 1 is 1.21 bits per heavy atom. The van der Waals surface area contributed by atoms with Gasteiger partial charge in [-0.2, -0.15) is 0 Å². The van der Waals surface area contributed by atoms with Crippen LogP contribution in [0.3, 0.4) is 0 Å². The number of hydrogen-bond acceptors (Lipinski definition) is 3. The van der Waals surface area contributed by atoms with Crippen molar-refractivity contribution < 1.29 is 9.90 Å². The van der Waals surface area contributed by atoms with Gasteiger partial charge in [-0.3, -0.25) is 0 Å². The van der Waals surface area contributed by atoms with Crippen molar-refractivity contribution in [1.29, 1.82) is 0 Å². The van der Waals surface area contributed by atoms with Crippen molar-refractivity contribution in [3.63, 3.8) is 0 Å². The van der Waals surface area contributed by atoms with Gasteiger partial charge in [-0.25, -0.2) is 14.3 Å². The van der Waals surface area contributed by atoms with Crippen molar-refractivity contribution in [3.05, 3.63) is 53.2 Å². The fourth-order valence-electron chi connectivity index (χ4n) is 1.79. The Morgan fingerprint density at radius 3 is 2.74 bits per heavy atom. The highest BCUT2D eigenvalue weighted by Gasteiger charge is 2.10. The van der Waals surface area contributed by atoms with E-state index in [-0.39, 0.29) is 5.56 Å². The molecule has 5 nitrogen and oxygen atoms in total. The summed E-state index contributed by atoms with van der Waals surface area (Å²) in [6.07, 6.45) is 0. The van der Waals surface area contributed by atoms with Crippen LogP contribution >= 0.6 is 11.6 Å². The minimum absolute atomic E-state index is 0.197. The van der Waals surface area contributed by atoms with Gasteiger partial charge in [0.15, 0.2) is 11.5 Å². The number of aromatic carboxylic acids is 1. The standard InChI is InChI=1S/C13H8ClN3O2/c14-10-5-2-6-11-15-12(16-17(10)11)8-3-1-4-9(7-8)13(18)19/h1-7H,(H,18,19). The number of aromatic nitrogens is 3. The summed E-state index contributed by atoms with van der Waals surface area (Å²) < 4.78 is 1.50. The van der Waals surface area contributed by atoms with Crippen LogP contribution in [0, 0.1) is 0 Å². The number of rotatable bonds is 2. The van der Waals surface area contributed by atoms with Crippen molar-refractivity contribution in [3.8, 4) is 11.4 Å². The van der Waals surface area contributed by atoms with Gasteiger partial charge in [0.05, 0.1) is 5.56 Å². The molecule has 0 bridgehead atoms. The lowest BCUT2D eigenvalue weighted by atomic mass is 10.1. The van der Waals surface area contributed by atoms with E-state index in [1.807, 2.05) is 0 Å². The lowest BCUT2D eigenvalue weighted by Crippen LogP contribution is -1.96. The van der Waals surface area contributed by atoms with Crippen LogP contribution < -0.4 is 0 Å². The number of carboxylic acids is 1. The molecule has 1 aromatic carbocycles. The average Bonchev–Trinajstić information content (AvgIpc) is 2.84. The van der Waals surface area contributed by atoms with Gasteiger partial charge in [0, 0.05) is 5.56 Å². The highest BCUT2D eigenvalue weighted by molar-refractivity contribution is 6.29. The number of hydrogen-bond donors (Lipinski definition) is 1. The highest BCUT2D eigenvalue weighted by Crippen LogP contribution is 2.19. The van der Waals surface area contributed by atoms with Crippen LogP contribution in [0.2, 0.25) is 5.15 Å². The zero-order chi connectivity index (χ0) is 13.4. The number of pyridine rings is 1. The monoisotopic (exact) mass is 273 g/mol. The van der Waals surface area contributed by atoms with Crippen LogP contribution in [-0.2, 0) is 0 Å². The largest absolute Gasteiger partial charge is 0.478 e. The number of carboxylic acid groups (broad SMARTS) is 1. The first kappa shape index (κ1) is 11.7. The Hall–Kier alpha value is -2.40. The first-order valence-electron chi connectivity index (χ1n) is 5.50. The summed E-state index contributed by atoms with van der Waals surface area (Å²) in [7, 11) is 0. The van der Waals surface area contributed by atoms with Crippen LogP contribution in [0.1, 0.15) is 10.4 Å². The fourth-order valence-corrected chi connectivity index (χ4v) is 1.98. The summed E-state index contributed by atoms with van der Waals surface area (Å²) in [6.45, 7) is 0. The van der Waals surface area contributed by atoms with Crippen molar-refractivity contribution in [1.82, 2.24) is 14.6 Å². The van der Waals surface area contributed by atoms with E-state index in [1.165, 1.54) is 16.6 Å². The van der Waals surface area contributed by atoms with Gasteiger partial charge in [0.2, 0.25) is 0 Å². The molecule has 0 aliphatic rings. The number of fused-ring (bicyclic) bond motifs is 1. The van der Waals surface area contributed by atoms with Crippen LogP contribution in [0.5, 0.6) is 0 Å². The lowest BCUT2D eigenvalue weighted by molar-refractivity contribution is 0.0697. The Labute approximate surface area is 113 Å². The van der Waals surface area contributed by atoms with E-state index in [0.29, 0.717) is 22.2 Å². The molecule has 2 aromatic heterocycles. The van der Waals surface area contributed by atoms with Crippen molar-refractivity contribution in [2.75, 3.05) is 0 Å². The van der Waals surface area contributed by atoms with Crippen molar-refractivity contribution >= 4 is 23.2 Å². The molecular weight excluding hydrogens is 266 g/mol. The molecule has 6 heteroatoms. The third-order valence-corrected chi connectivity index (χ3v) is 2.97. The molecule has 2 heterocycles. The van der Waals surface area contributed by atoms with Gasteiger partial charge in [0.25, 0.3) is 0 Å². The Kier molecular flexibility index (Phi) is 2.68. The van der Waals surface area contributed by atoms with Crippen LogP contribution in [-0.4, -0.2) is 25.7 Å². The third-order valence-electron chi connectivity index (χ3n) is 2.68. The van der Waals surface area contributed by atoms with Gasteiger partial charge in [-0.1, -0.05) is 29.8 Å². The first-order chi connectivity index (χ1) is 9.15. The smallest absolute Gasteiger partial charge is 0.335 e. The van der Waals surface area contributed by atoms with Crippen LogP contribution in [0.4, 0.5) is 0 Å². The van der Waals surface area contributed by atoms with E-state index >= 15 is 0 Å². The molecule has 3 rings (SSSR count). The third kappa shape index (κ3) is 2.04. The summed E-state index contributed by atoms with van der Waals surface area (Å²) in [4.78, 5) is 15.3. The van der Waals surface area contributed by atoms with Crippen LogP contribution in [0.25, 0.3) is 17.0 Å². The van der Waals surface area contributed by atoms with E-state index < -0.39 is 5.97 Å². The minimum Gasteiger partial charge on any atom is -0.478 e. The van der Waals surface area contributed by atoms with E-state index in [4.69, 9.17) is 16.7 Å². The molecule has 0 saturated heterocycles. The van der Waals surface area contributed by atoms with E-state index in [2.05, 4.69) is 10.1 Å². The maximum absolute atomic E-state index is 10.9. The molecule has 0 radical (unpaired) electrons. The SMILES string of the molecule is O=C(O)c1cccc(-c2nc3cccc(Cl)n3n2)c1. The molecule has 19 heavy (non-hydrogen) atoms. The maximum atomic E-state index is 10.9. The number of benzene rings is 1. The van der Waals surface area contributed by atoms with Gasteiger partial charge < -0.3 is 5.11 Å². The Balaban J connectivity index is 2.16. The zero-order valence-electron chi connectivity index (χ0n) is 9.62. The Morgan fingerprint density at radius 2 is 2.00 bits per heavy atom. The maximum Gasteiger partial charge on any atom is 0.335 e. The second-order valence-corrected chi connectivity index (χ2v) is 4.33. The van der Waals surface area contributed by atoms with Crippen molar-refractivity contribution in [2.45, 2.75) is 0 Å². The number of carbonyl (C=O) groups is 1. The molecule has 0 spiro atoms. The molecule has 3 aromatic rings. The minimum atomic E-state index is -0.983. The fraction of sp³-hybridized carbons (Fsp3) is 0. The topological polar surface area (TPSA) is 67.5 Å². The predicted octanol–water partition coefficient (Wildman–Crippen LogP) is 2.75. The van der Waals surface area contributed by atoms with Crippen LogP contribution in [0.15, 0.2) is 42.5 Å². The van der Waals surface area contributed by atoms with E-state index in [0.717, 1.165) is 0 Å². The summed E-state index contributed by atoms with van der Waals surface area (Å²) in [6, 6.07) is 11.7. The Bertz CT molecular complexity index is 782. The normalized spacial score (nSPS) is 10.8. The van der Waals surface area contributed by atoms with Gasteiger partial charge in [-0.05, 0) is 24.3 Å². The van der Waals surface area contributed by atoms with Gasteiger partial charge in [-0.15, -0.1) is 5.10 Å². The summed E-state index contributed by atoms with van der Waals surface area (Å²) >= 11 is 6.01. The molecule has 0 saturated carbocycles. The van der Waals surface area contributed by atoms with E-state index in [9.17, 15) is 4.79 Å². The summed E-state index contributed by atoms with van der Waals surface area (Å²) in [5, 5.41) is 13.7. The zero-order valence-corrected chi connectivity index (χ0v) is 10.4.